The van der Waals surface area contributed by atoms with E-state index in [1.807, 2.05) is 48.5 Å². The van der Waals surface area contributed by atoms with Crippen molar-refractivity contribution in [2.75, 3.05) is 0 Å². The summed E-state index contributed by atoms with van der Waals surface area (Å²) in [6.45, 7) is 2.59. The molecule has 3 rings (SSSR count). The number of ketones is 1. The lowest BCUT2D eigenvalue weighted by molar-refractivity contribution is 0.0979. The van der Waals surface area contributed by atoms with Crippen LogP contribution in [0.5, 0.6) is 0 Å². The zero-order chi connectivity index (χ0) is 17.6. The molecule has 0 saturated carbocycles. The fraction of sp³-hybridized carbons (Fsp3) is 0.250. The molecule has 0 aliphatic carbocycles. The summed E-state index contributed by atoms with van der Waals surface area (Å²) in [6, 6.07) is 15.4. The van der Waals surface area contributed by atoms with E-state index < -0.39 is 0 Å². The number of halogens is 1. The topological polar surface area (TPSA) is 82.0 Å². The molecule has 0 atom stereocenters. The minimum absolute atomic E-state index is 0. The molecule has 1 aromatic heterocycles. The van der Waals surface area contributed by atoms with Crippen LogP contribution in [0.25, 0.3) is 11.4 Å². The summed E-state index contributed by atoms with van der Waals surface area (Å²) in [5, 5.41) is 3.99. The van der Waals surface area contributed by atoms with E-state index in [2.05, 4.69) is 17.1 Å². The van der Waals surface area contributed by atoms with Gasteiger partial charge in [0.05, 0.1) is 0 Å². The van der Waals surface area contributed by atoms with E-state index in [-0.39, 0.29) is 18.2 Å². The Labute approximate surface area is 159 Å². The first-order chi connectivity index (χ1) is 12.2. The van der Waals surface area contributed by atoms with Gasteiger partial charge in [-0.15, -0.1) is 12.4 Å². The van der Waals surface area contributed by atoms with Gasteiger partial charge in [-0.25, -0.2) is 0 Å². The van der Waals surface area contributed by atoms with Crippen molar-refractivity contribution in [3.63, 3.8) is 0 Å². The highest BCUT2D eigenvalue weighted by Crippen LogP contribution is 2.17. The lowest BCUT2D eigenvalue weighted by Crippen LogP contribution is -2.01. The van der Waals surface area contributed by atoms with Gasteiger partial charge in [-0.05, 0) is 17.5 Å². The average molecular weight is 372 g/mol. The maximum atomic E-state index is 12.3. The standard InChI is InChI=1S/C20H21N3O2.ClH/c1-2-14-3-7-16(8-4-14)18(24)11-12-19-22-20(23-25-19)17-9-5-15(13-21)6-10-17;/h3-10H,2,11-13,21H2,1H3;1H. The molecule has 0 fully saturated rings. The van der Waals surface area contributed by atoms with Gasteiger partial charge in [-0.3, -0.25) is 4.79 Å². The van der Waals surface area contributed by atoms with E-state index >= 15 is 0 Å². The summed E-state index contributed by atoms with van der Waals surface area (Å²) in [6.07, 6.45) is 1.74. The molecule has 2 N–H and O–H groups in total. The number of nitrogens with zero attached hydrogens (tertiary/aromatic N) is 2. The molecule has 2 aromatic carbocycles. The van der Waals surface area contributed by atoms with E-state index in [1.54, 1.807) is 0 Å². The van der Waals surface area contributed by atoms with Crippen molar-refractivity contribution in [2.24, 2.45) is 5.73 Å². The number of benzene rings is 2. The summed E-state index contributed by atoms with van der Waals surface area (Å²) in [5.74, 6) is 1.07. The minimum Gasteiger partial charge on any atom is -0.339 e. The lowest BCUT2D eigenvalue weighted by atomic mass is 10.0. The molecule has 136 valence electrons. The lowest BCUT2D eigenvalue weighted by Gasteiger charge is -2.01. The monoisotopic (exact) mass is 371 g/mol. The molecule has 0 radical (unpaired) electrons. The van der Waals surface area contributed by atoms with Crippen LogP contribution >= 0.6 is 12.4 Å². The van der Waals surface area contributed by atoms with Crippen molar-refractivity contribution in [2.45, 2.75) is 32.7 Å². The number of carbonyl (C=O) groups excluding carboxylic acids is 1. The van der Waals surface area contributed by atoms with Gasteiger partial charge in [0.25, 0.3) is 0 Å². The van der Waals surface area contributed by atoms with E-state index in [4.69, 9.17) is 10.3 Å². The van der Waals surface area contributed by atoms with Crippen LogP contribution in [0.1, 0.15) is 40.7 Å². The Hall–Kier alpha value is -2.50. The summed E-state index contributed by atoms with van der Waals surface area (Å²) < 4.78 is 5.26. The van der Waals surface area contributed by atoms with Gasteiger partial charge in [0.2, 0.25) is 11.7 Å². The number of aryl methyl sites for hydroxylation is 2. The first-order valence-corrected chi connectivity index (χ1v) is 8.43. The van der Waals surface area contributed by atoms with Crippen LogP contribution in [0.2, 0.25) is 0 Å². The van der Waals surface area contributed by atoms with E-state index in [0.717, 1.165) is 17.5 Å². The first kappa shape index (κ1) is 19.8. The normalized spacial score (nSPS) is 10.4. The third-order valence-corrected chi connectivity index (χ3v) is 4.17. The molecule has 0 aliphatic rings. The van der Waals surface area contributed by atoms with Crippen molar-refractivity contribution in [1.29, 1.82) is 0 Å². The SMILES string of the molecule is CCc1ccc(C(=O)CCc2nc(-c3ccc(CN)cc3)no2)cc1.Cl. The van der Waals surface area contributed by atoms with Crippen molar-refractivity contribution in [3.05, 3.63) is 71.1 Å². The van der Waals surface area contributed by atoms with Crippen molar-refractivity contribution in [1.82, 2.24) is 10.1 Å². The maximum Gasteiger partial charge on any atom is 0.227 e. The molecular formula is C20H22ClN3O2. The minimum atomic E-state index is 0. The third-order valence-electron chi connectivity index (χ3n) is 4.17. The predicted octanol–water partition coefficient (Wildman–Crippen LogP) is 4.00. The summed E-state index contributed by atoms with van der Waals surface area (Å²) in [5.41, 5.74) is 9.45. The van der Waals surface area contributed by atoms with E-state index in [9.17, 15) is 4.79 Å². The number of aromatic nitrogens is 2. The number of carbonyl (C=O) groups is 1. The van der Waals surface area contributed by atoms with Crippen LogP contribution in [0, 0.1) is 0 Å². The van der Waals surface area contributed by atoms with E-state index in [1.165, 1.54) is 5.56 Å². The molecule has 3 aromatic rings. The number of hydrogen-bond acceptors (Lipinski definition) is 5. The quantitative estimate of drug-likeness (QED) is 0.635. The highest BCUT2D eigenvalue weighted by Gasteiger charge is 2.12. The Morgan fingerprint density at radius 1 is 1.04 bits per heavy atom. The van der Waals surface area contributed by atoms with Crippen LogP contribution in [-0.4, -0.2) is 15.9 Å². The third kappa shape index (κ3) is 4.77. The smallest absolute Gasteiger partial charge is 0.227 e. The van der Waals surface area contributed by atoms with E-state index in [0.29, 0.717) is 36.7 Å². The van der Waals surface area contributed by atoms with Gasteiger partial charge in [0.15, 0.2) is 5.78 Å². The van der Waals surface area contributed by atoms with Crippen molar-refractivity contribution >= 4 is 18.2 Å². The zero-order valence-corrected chi connectivity index (χ0v) is 15.5. The van der Waals surface area contributed by atoms with Gasteiger partial charge in [0, 0.05) is 30.5 Å². The second kappa shape index (κ2) is 9.27. The molecule has 0 saturated heterocycles. The number of rotatable bonds is 7. The Kier molecular flexibility index (Phi) is 7.06. The second-order valence-corrected chi connectivity index (χ2v) is 5.89. The molecule has 6 heteroatoms. The highest BCUT2D eigenvalue weighted by molar-refractivity contribution is 5.96. The molecule has 0 amide bonds. The number of hydrogen-bond donors (Lipinski definition) is 1. The van der Waals surface area contributed by atoms with Gasteiger partial charge in [-0.2, -0.15) is 4.98 Å². The highest BCUT2D eigenvalue weighted by atomic mass is 35.5. The fourth-order valence-corrected chi connectivity index (χ4v) is 2.55. The summed E-state index contributed by atoms with van der Waals surface area (Å²) in [4.78, 5) is 16.6. The van der Waals surface area contributed by atoms with Gasteiger partial charge in [-0.1, -0.05) is 60.6 Å². The van der Waals surface area contributed by atoms with Crippen LogP contribution < -0.4 is 5.73 Å². The molecule has 0 aliphatic heterocycles. The Morgan fingerprint density at radius 2 is 1.69 bits per heavy atom. The van der Waals surface area contributed by atoms with Crippen LogP contribution in [0.4, 0.5) is 0 Å². The van der Waals surface area contributed by atoms with Crippen molar-refractivity contribution in [3.8, 4) is 11.4 Å². The second-order valence-electron chi connectivity index (χ2n) is 5.89. The predicted molar refractivity (Wildman–Crippen MR) is 103 cm³/mol. The summed E-state index contributed by atoms with van der Waals surface area (Å²) in [7, 11) is 0. The molecule has 0 unspecified atom stereocenters. The molecule has 0 spiro atoms. The molecule has 0 bridgehead atoms. The van der Waals surface area contributed by atoms with Gasteiger partial charge in [0.1, 0.15) is 0 Å². The van der Waals surface area contributed by atoms with Gasteiger partial charge < -0.3 is 10.3 Å². The zero-order valence-electron chi connectivity index (χ0n) is 14.6. The van der Waals surface area contributed by atoms with Crippen LogP contribution in [0.3, 0.4) is 0 Å². The summed E-state index contributed by atoms with van der Waals surface area (Å²) >= 11 is 0. The van der Waals surface area contributed by atoms with Crippen molar-refractivity contribution < 1.29 is 9.32 Å². The Morgan fingerprint density at radius 3 is 2.31 bits per heavy atom. The Balaban J connectivity index is 0.00000243. The first-order valence-electron chi connectivity index (χ1n) is 8.43. The molecular weight excluding hydrogens is 350 g/mol. The largest absolute Gasteiger partial charge is 0.339 e. The molecule has 26 heavy (non-hydrogen) atoms. The number of nitrogens with two attached hydrogens (primary N) is 1. The fourth-order valence-electron chi connectivity index (χ4n) is 2.55. The number of Topliss-reactive ketones (excluding diaryl/α,β-unsaturated/α-hetero) is 1. The average Bonchev–Trinajstić information content (AvgIpc) is 3.15. The maximum absolute atomic E-state index is 12.3. The molecule has 5 nitrogen and oxygen atoms in total. The van der Waals surface area contributed by atoms with Crippen LogP contribution in [-0.2, 0) is 19.4 Å². The van der Waals surface area contributed by atoms with Crippen LogP contribution in [0.15, 0.2) is 53.1 Å². The van der Waals surface area contributed by atoms with Gasteiger partial charge >= 0.3 is 0 Å². The Bertz CT molecular complexity index is 842. The molecule has 1 heterocycles.